The summed E-state index contributed by atoms with van der Waals surface area (Å²) in [5.74, 6) is -0.0418. The summed E-state index contributed by atoms with van der Waals surface area (Å²) in [6, 6.07) is 15.7. The first-order valence-corrected chi connectivity index (χ1v) is 9.37. The van der Waals surface area contributed by atoms with Crippen LogP contribution >= 0.6 is 0 Å². The van der Waals surface area contributed by atoms with Gasteiger partial charge in [-0.2, -0.15) is 0 Å². The SMILES string of the molecule is C/C=C\CN1C(=O)C(=Nc2ccc(C)cc2)c2ccccc21.C=CC.CC. The molecule has 0 aromatic heterocycles. The highest BCUT2D eigenvalue weighted by molar-refractivity contribution is 6.54. The Morgan fingerprint density at radius 1 is 1.04 bits per heavy atom. The van der Waals surface area contributed by atoms with Crippen LogP contribution in [0.25, 0.3) is 0 Å². The van der Waals surface area contributed by atoms with Crippen LogP contribution in [0.2, 0.25) is 0 Å². The lowest BCUT2D eigenvalue weighted by Gasteiger charge is -2.13. The van der Waals surface area contributed by atoms with E-state index in [-0.39, 0.29) is 5.91 Å². The van der Waals surface area contributed by atoms with Crippen molar-refractivity contribution in [2.45, 2.75) is 34.6 Å². The smallest absolute Gasteiger partial charge is 0.277 e. The molecule has 3 heteroatoms. The molecule has 3 nitrogen and oxygen atoms in total. The third-order valence-electron chi connectivity index (χ3n) is 3.70. The van der Waals surface area contributed by atoms with Crippen molar-refractivity contribution in [3.8, 4) is 0 Å². The molecule has 2 aromatic rings. The summed E-state index contributed by atoms with van der Waals surface area (Å²) in [7, 11) is 0. The topological polar surface area (TPSA) is 32.7 Å². The Bertz CT molecular complexity index is 801. The van der Waals surface area contributed by atoms with Gasteiger partial charge in [-0.15, -0.1) is 6.58 Å². The Kier molecular flexibility index (Phi) is 9.52. The second kappa shape index (κ2) is 11.6. The number of anilines is 1. The summed E-state index contributed by atoms with van der Waals surface area (Å²) in [5.41, 5.74) is 4.33. The van der Waals surface area contributed by atoms with Gasteiger partial charge in [0.15, 0.2) is 0 Å². The molecule has 0 N–H and O–H groups in total. The molecule has 3 rings (SSSR count). The van der Waals surface area contributed by atoms with Crippen LogP contribution in [0.1, 0.15) is 38.8 Å². The Balaban J connectivity index is 0.000000665. The van der Waals surface area contributed by atoms with Gasteiger partial charge in [0.1, 0.15) is 5.71 Å². The van der Waals surface area contributed by atoms with Crippen molar-refractivity contribution in [1.29, 1.82) is 0 Å². The van der Waals surface area contributed by atoms with Gasteiger partial charge in [-0.25, -0.2) is 4.99 Å². The molecule has 0 saturated carbocycles. The van der Waals surface area contributed by atoms with E-state index in [0.29, 0.717) is 12.3 Å². The number of carbonyl (C=O) groups excluding carboxylic acids is 1. The van der Waals surface area contributed by atoms with Crippen molar-refractivity contribution in [2.75, 3.05) is 11.4 Å². The van der Waals surface area contributed by atoms with E-state index in [4.69, 9.17) is 0 Å². The molecule has 1 heterocycles. The molecule has 27 heavy (non-hydrogen) atoms. The van der Waals surface area contributed by atoms with Gasteiger partial charge in [0.2, 0.25) is 0 Å². The molecule has 0 spiro atoms. The fourth-order valence-electron chi connectivity index (χ4n) is 2.51. The third kappa shape index (κ3) is 5.78. The lowest BCUT2D eigenvalue weighted by molar-refractivity contribution is -0.112. The number of aliphatic imine (C=N–C) groups is 1. The highest BCUT2D eigenvalue weighted by Crippen LogP contribution is 2.30. The Hall–Kier alpha value is -2.94. The average Bonchev–Trinajstić information content (AvgIpc) is 2.95. The molecule has 0 radical (unpaired) electrons. The van der Waals surface area contributed by atoms with Gasteiger partial charge in [-0.3, -0.25) is 4.79 Å². The van der Waals surface area contributed by atoms with Crippen LogP contribution in [0.4, 0.5) is 11.4 Å². The molecular formula is C24H30N2O. The summed E-state index contributed by atoms with van der Waals surface area (Å²) in [6.45, 7) is 13.8. The van der Waals surface area contributed by atoms with Gasteiger partial charge in [-0.1, -0.05) is 68.0 Å². The normalized spacial score (nSPS) is 13.6. The lowest BCUT2D eigenvalue weighted by atomic mass is 10.1. The average molecular weight is 363 g/mol. The summed E-state index contributed by atoms with van der Waals surface area (Å²) >= 11 is 0. The molecule has 0 unspecified atom stereocenters. The molecule has 2 aromatic carbocycles. The summed E-state index contributed by atoms with van der Waals surface area (Å²) < 4.78 is 0. The maximum atomic E-state index is 12.7. The molecule has 142 valence electrons. The van der Waals surface area contributed by atoms with Crippen LogP contribution in [0.15, 0.2) is 78.3 Å². The number of carbonyl (C=O) groups is 1. The maximum Gasteiger partial charge on any atom is 0.277 e. The monoisotopic (exact) mass is 362 g/mol. The highest BCUT2D eigenvalue weighted by atomic mass is 16.2. The summed E-state index contributed by atoms with van der Waals surface area (Å²) in [6.07, 6.45) is 5.68. The molecular weight excluding hydrogens is 332 g/mol. The van der Waals surface area contributed by atoms with E-state index in [1.54, 1.807) is 11.0 Å². The van der Waals surface area contributed by atoms with E-state index in [9.17, 15) is 4.79 Å². The summed E-state index contributed by atoms with van der Waals surface area (Å²) in [5, 5.41) is 0. The molecule has 1 aliphatic rings. The number of aryl methyl sites for hydroxylation is 1. The Labute approximate surface area is 163 Å². The number of benzene rings is 2. The van der Waals surface area contributed by atoms with Gasteiger partial charge in [0, 0.05) is 12.1 Å². The highest BCUT2D eigenvalue weighted by Gasteiger charge is 2.32. The first kappa shape index (κ1) is 22.1. The molecule has 1 aliphatic heterocycles. The minimum Gasteiger partial charge on any atom is -0.303 e. The largest absolute Gasteiger partial charge is 0.303 e. The van der Waals surface area contributed by atoms with Crippen molar-refractivity contribution < 1.29 is 4.79 Å². The maximum absolute atomic E-state index is 12.7. The van der Waals surface area contributed by atoms with E-state index in [1.807, 2.05) is 95.3 Å². The summed E-state index contributed by atoms with van der Waals surface area (Å²) in [4.78, 5) is 19.0. The Morgan fingerprint density at radius 2 is 1.63 bits per heavy atom. The number of hydrogen-bond acceptors (Lipinski definition) is 2. The molecule has 0 fully saturated rings. The molecule has 0 atom stereocenters. The zero-order valence-electron chi connectivity index (χ0n) is 17.1. The first-order chi connectivity index (χ1) is 13.1. The van der Waals surface area contributed by atoms with Gasteiger partial charge in [-0.05, 0) is 39.0 Å². The van der Waals surface area contributed by atoms with Crippen LogP contribution < -0.4 is 4.90 Å². The number of allylic oxidation sites excluding steroid dienone is 2. The van der Waals surface area contributed by atoms with Crippen LogP contribution in [0.5, 0.6) is 0 Å². The van der Waals surface area contributed by atoms with Gasteiger partial charge < -0.3 is 4.90 Å². The zero-order valence-corrected chi connectivity index (χ0v) is 17.1. The fourth-order valence-corrected chi connectivity index (χ4v) is 2.51. The second-order valence-electron chi connectivity index (χ2n) is 5.71. The van der Waals surface area contributed by atoms with Gasteiger partial charge in [0.25, 0.3) is 5.91 Å². The van der Waals surface area contributed by atoms with Gasteiger partial charge in [0.05, 0.1) is 11.4 Å². The van der Waals surface area contributed by atoms with Crippen LogP contribution in [-0.4, -0.2) is 18.2 Å². The number of fused-ring (bicyclic) bond motifs is 1. The van der Waals surface area contributed by atoms with E-state index >= 15 is 0 Å². The van der Waals surface area contributed by atoms with Crippen molar-refractivity contribution in [3.05, 3.63) is 84.5 Å². The minimum absolute atomic E-state index is 0.0418. The van der Waals surface area contributed by atoms with Crippen molar-refractivity contribution >= 4 is 23.0 Å². The minimum atomic E-state index is -0.0418. The quantitative estimate of drug-likeness (QED) is 0.593. The number of amides is 1. The second-order valence-corrected chi connectivity index (χ2v) is 5.71. The molecule has 0 bridgehead atoms. The van der Waals surface area contributed by atoms with Crippen LogP contribution in [0.3, 0.4) is 0 Å². The van der Waals surface area contributed by atoms with Crippen LogP contribution in [0, 0.1) is 6.92 Å². The van der Waals surface area contributed by atoms with E-state index in [2.05, 4.69) is 11.6 Å². The van der Waals surface area contributed by atoms with E-state index in [1.165, 1.54) is 5.56 Å². The fraction of sp³-hybridized carbons (Fsp3) is 0.250. The molecule has 0 saturated heterocycles. The number of para-hydroxylation sites is 1. The zero-order chi connectivity index (χ0) is 20.2. The number of rotatable bonds is 3. The van der Waals surface area contributed by atoms with Crippen molar-refractivity contribution in [3.63, 3.8) is 0 Å². The standard InChI is InChI=1S/C19H18N2O.C3H6.C2H6/c1-3-4-13-21-17-8-6-5-7-16(17)18(19(21)22)20-15-11-9-14(2)10-12-15;1-3-2;1-2/h3-12H,13H2,1-2H3;3H,1H2,2H3;1-2H3/b4-3-,20-18?;;. The predicted octanol–water partition coefficient (Wildman–Crippen LogP) is 6.26. The Morgan fingerprint density at radius 3 is 2.22 bits per heavy atom. The predicted molar refractivity (Wildman–Crippen MR) is 118 cm³/mol. The van der Waals surface area contributed by atoms with Gasteiger partial charge >= 0.3 is 0 Å². The van der Waals surface area contributed by atoms with Crippen molar-refractivity contribution in [2.24, 2.45) is 4.99 Å². The molecule has 0 aliphatic carbocycles. The number of nitrogens with zero attached hydrogens (tertiary/aromatic N) is 2. The van der Waals surface area contributed by atoms with E-state index < -0.39 is 0 Å². The number of hydrogen-bond donors (Lipinski definition) is 0. The van der Waals surface area contributed by atoms with Crippen molar-refractivity contribution in [1.82, 2.24) is 0 Å². The lowest BCUT2D eigenvalue weighted by Crippen LogP contribution is -2.30. The first-order valence-electron chi connectivity index (χ1n) is 9.37. The molecule has 1 amide bonds. The van der Waals surface area contributed by atoms with E-state index in [0.717, 1.165) is 16.9 Å². The third-order valence-corrected chi connectivity index (χ3v) is 3.70. The van der Waals surface area contributed by atoms with Crippen LogP contribution in [-0.2, 0) is 4.79 Å².